The highest BCUT2D eigenvalue weighted by Gasteiger charge is 2.33. The number of benzene rings is 3. The van der Waals surface area contributed by atoms with E-state index in [2.05, 4.69) is 10.3 Å². The maximum Gasteiger partial charge on any atom is 0.416 e. The summed E-state index contributed by atoms with van der Waals surface area (Å²) in [5.41, 5.74) is 1.29. The summed E-state index contributed by atoms with van der Waals surface area (Å²) in [6.45, 7) is 12.5. The number of anilines is 1. The standard InChI is InChI=1S/C38H45N3O7S/c1-8-46-30-15-12-14-29(24-30)28-22-20-27(21-23-28)25-39-35(49(44,45)31-16-10-9-11-17-31)32-18-13-19-33(40-32)41(36(43)48-38(5,6)7)26-34(42)47-37(2,3)4/h9-24,35,39H,8,25-26H2,1-7H3. The number of esters is 1. The Labute approximate surface area is 289 Å². The Morgan fingerprint density at radius 2 is 1.45 bits per heavy atom. The molecule has 4 aromatic rings. The van der Waals surface area contributed by atoms with Gasteiger partial charge in [-0.25, -0.2) is 18.2 Å². The van der Waals surface area contributed by atoms with Gasteiger partial charge in [0.1, 0.15) is 29.3 Å². The number of sulfone groups is 1. The van der Waals surface area contributed by atoms with Crippen LogP contribution < -0.4 is 15.0 Å². The second kappa shape index (κ2) is 15.7. The topological polar surface area (TPSA) is 124 Å². The fourth-order valence-electron chi connectivity index (χ4n) is 4.87. The Morgan fingerprint density at radius 3 is 2.08 bits per heavy atom. The molecule has 10 nitrogen and oxygen atoms in total. The molecule has 1 heterocycles. The van der Waals surface area contributed by atoms with Gasteiger partial charge in [0.05, 0.1) is 17.2 Å². The molecule has 1 N–H and O–H groups in total. The summed E-state index contributed by atoms with van der Waals surface area (Å²) in [6.07, 6.45) is -0.828. The predicted molar refractivity (Wildman–Crippen MR) is 190 cm³/mol. The first-order valence-corrected chi connectivity index (χ1v) is 17.6. The van der Waals surface area contributed by atoms with Gasteiger partial charge in [0.2, 0.25) is 0 Å². The molecule has 260 valence electrons. The first kappa shape index (κ1) is 37.1. The van der Waals surface area contributed by atoms with E-state index in [0.29, 0.717) is 6.61 Å². The molecule has 0 fully saturated rings. The molecule has 1 amide bonds. The van der Waals surface area contributed by atoms with E-state index < -0.39 is 45.0 Å². The molecular weight excluding hydrogens is 642 g/mol. The van der Waals surface area contributed by atoms with E-state index in [0.717, 1.165) is 27.3 Å². The average molecular weight is 688 g/mol. The quantitative estimate of drug-likeness (QED) is 0.151. The SMILES string of the molecule is CCOc1cccc(-c2ccc(CNC(c3cccc(N(CC(=O)OC(C)(C)C)C(=O)OC(C)(C)C)n3)S(=O)(=O)c3ccccc3)cc2)c1. The number of carbonyl (C=O) groups is 2. The highest BCUT2D eigenvalue weighted by atomic mass is 32.2. The number of amides is 1. The van der Waals surface area contributed by atoms with Gasteiger partial charge in [0.25, 0.3) is 0 Å². The normalized spacial score (nSPS) is 12.6. The highest BCUT2D eigenvalue weighted by molar-refractivity contribution is 7.91. The van der Waals surface area contributed by atoms with Crippen molar-refractivity contribution in [1.29, 1.82) is 0 Å². The number of hydrogen-bond acceptors (Lipinski definition) is 9. The molecule has 1 unspecified atom stereocenters. The number of ether oxygens (including phenoxy) is 3. The molecule has 3 aromatic carbocycles. The van der Waals surface area contributed by atoms with Crippen LogP contribution in [0, 0.1) is 0 Å². The molecule has 1 atom stereocenters. The van der Waals surface area contributed by atoms with Crippen molar-refractivity contribution in [2.45, 2.75) is 76.5 Å². The monoisotopic (exact) mass is 687 g/mol. The number of pyridine rings is 1. The van der Waals surface area contributed by atoms with E-state index in [1.807, 2.05) is 55.5 Å². The molecular formula is C38H45N3O7S. The minimum Gasteiger partial charge on any atom is -0.494 e. The minimum absolute atomic E-state index is 0.0336. The van der Waals surface area contributed by atoms with E-state index in [9.17, 15) is 18.0 Å². The second-order valence-electron chi connectivity index (χ2n) is 13.4. The molecule has 0 spiro atoms. The lowest BCUT2D eigenvalue weighted by Gasteiger charge is -2.28. The number of carbonyl (C=O) groups excluding carboxylic acids is 2. The molecule has 0 aliphatic rings. The van der Waals surface area contributed by atoms with Crippen LogP contribution in [0.3, 0.4) is 0 Å². The van der Waals surface area contributed by atoms with Crippen molar-refractivity contribution in [3.8, 4) is 16.9 Å². The van der Waals surface area contributed by atoms with Crippen LogP contribution in [0.1, 0.15) is 65.1 Å². The summed E-state index contributed by atoms with van der Waals surface area (Å²) in [5.74, 6) is 0.141. The average Bonchev–Trinajstić information content (AvgIpc) is 3.03. The third-order valence-electron chi connectivity index (χ3n) is 6.93. The first-order chi connectivity index (χ1) is 23.1. The van der Waals surface area contributed by atoms with Crippen LogP contribution in [0.4, 0.5) is 10.6 Å². The van der Waals surface area contributed by atoms with Gasteiger partial charge in [-0.2, -0.15) is 0 Å². The zero-order valence-corrected chi connectivity index (χ0v) is 29.9. The van der Waals surface area contributed by atoms with E-state index >= 15 is 0 Å². The Hall–Kier alpha value is -4.74. The maximum absolute atomic E-state index is 14.1. The Kier molecular flexibility index (Phi) is 11.8. The van der Waals surface area contributed by atoms with Crippen molar-refractivity contribution in [3.05, 3.63) is 108 Å². The zero-order valence-electron chi connectivity index (χ0n) is 29.1. The number of aromatic nitrogens is 1. The van der Waals surface area contributed by atoms with Gasteiger partial charge in [0.15, 0.2) is 15.2 Å². The van der Waals surface area contributed by atoms with Crippen LogP contribution >= 0.6 is 0 Å². The van der Waals surface area contributed by atoms with Crippen LogP contribution in [0.2, 0.25) is 0 Å². The number of nitrogens with one attached hydrogen (secondary N) is 1. The highest BCUT2D eigenvalue weighted by Crippen LogP contribution is 2.29. The lowest BCUT2D eigenvalue weighted by atomic mass is 10.0. The minimum atomic E-state index is -4.04. The van der Waals surface area contributed by atoms with Crippen LogP contribution in [0.5, 0.6) is 5.75 Å². The molecule has 1 aromatic heterocycles. The van der Waals surface area contributed by atoms with Crippen molar-refractivity contribution in [2.75, 3.05) is 18.1 Å². The van der Waals surface area contributed by atoms with Crippen molar-refractivity contribution < 1.29 is 32.2 Å². The summed E-state index contributed by atoms with van der Waals surface area (Å²) < 4.78 is 44.9. The van der Waals surface area contributed by atoms with Crippen LogP contribution in [0.25, 0.3) is 11.1 Å². The molecule has 0 radical (unpaired) electrons. The molecule has 4 rings (SSSR count). The molecule has 11 heteroatoms. The lowest BCUT2D eigenvalue weighted by Crippen LogP contribution is -2.42. The third-order valence-corrected chi connectivity index (χ3v) is 8.89. The van der Waals surface area contributed by atoms with E-state index in [1.54, 1.807) is 71.9 Å². The van der Waals surface area contributed by atoms with Gasteiger partial charge < -0.3 is 14.2 Å². The van der Waals surface area contributed by atoms with E-state index in [4.69, 9.17) is 14.2 Å². The molecule has 0 aliphatic carbocycles. The summed E-state index contributed by atoms with van der Waals surface area (Å²) in [4.78, 5) is 32.0. The summed E-state index contributed by atoms with van der Waals surface area (Å²) >= 11 is 0. The molecule has 49 heavy (non-hydrogen) atoms. The number of rotatable bonds is 12. The smallest absolute Gasteiger partial charge is 0.416 e. The van der Waals surface area contributed by atoms with Crippen LogP contribution in [0.15, 0.2) is 102 Å². The van der Waals surface area contributed by atoms with Gasteiger partial charge in [-0.15, -0.1) is 0 Å². The number of hydrogen-bond donors (Lipinski definition) is 1. The Bertz CT molecular complexity index is 1830. The van der Waals surface area contributed by atoms with Gasteiger partial charge in [-0.1, -0.05) is 60.7 Å². The van der Waals surface area contributed by atoms with Crippen molar-refractivity contribution in [3.63, 3.8) is 0 Å². The van der Waals surface area contributed by atoms with Crippen LogP contribution in [-0.2, 0) is 30.7 Å². The van der Waals surface area contributed by atoms with Gasteiger partial charge in [0, 0.05) is 6.54 Å². The van der Waals surface area contributed by atoms with E-state index in [-0.39, 0.29) is 23.0 Å². The van der Waals surface area contributed by atoms with Crippen molar-refractivity contribution in [1.82, 2.24) is 10.3 Å². The van der Waals surface area contributed by atoms with Crippen molar-refractivity contribution >= 4 is 27.7 Å². The summed E-state index contributed by atoms with van der Waals surface area (Å²) in [7, 11) is -4.04. The lowest BCUT2D eigenvalue weighted by molar-refractivity contribution is -0.153. The Morgan fingerprint density at radius 1 is 0.796 bits per heavy atom. The molecule has 0 saturated heterocycles. The van der Waals surface area contributed by atoms with Crippen molar-refractivity contribution in [2.24, 2.45) is 0 Å². The molecule has 0 bridgehead atoms. The Balaban J connectivity index is 1.68. The second-order valence-corrected chi connectivity index (χ2v) is 15.4. The first-order valence-electron chi connectivity index (χ1n) is 16.1. The summed E-state index contributed by atoms with van der Waals surface area (Å²) in [6, 6.07) is 28.4. The predicted octanol–water partition coefficient (Wildman–Crippen LogP) is 7.49. The van der Waals surface area contributed by atoms with E-state index in [1.165, 1.54) is 18.2 Å². The fraction of sp³-hybridized carbons (Fsp3) is 0.342. The van der Waals surface area contributed by atoms with Crippen LogP contribution in [-0.4, -0.2) is 49.8 Å². The van der Waals surface area contributed by atoms with Gasteiger partial charge in [-0.3, -0.25) is 15.0 Å². The largest absolute Gasteiger partial charge is 0.494 e. The van der Waals surface area contributed by atoms with Gasteiger partial charge >= 0.3 is 12.1 Å². The molecule has 0 saturated carbocycles. The van der Waals surface area contributed by atoms with Gasteiger partial charge in [-0.05, 0) is 102 Å². The third kappa shape index (κ3) is 10.6. The number of nitrogens with zero attached hydrogens (tertiary/aromatic N) is 2. The zero-order chi connectivity index (χ0) is 35.8. The fourth-order valence-corrected chi connectivity index (χ4v) is 6.43. The summed E-state index contributed by atoms with van der Waals surface area (Å²) in [5, 5.41) is 1.88. The maximum atomic E-state index is 14.1. The molecule has 0 aliphatic heterocycles.